The number of carbonyl (C=O) groups is 3. The second kappa shape index (κ2) is 82.4. The van der Waals surface area contributed by atoms with E-state index < -0.39 is 18.4 Å². The molecule has 0 radical (unpaired) electrons. The van der Waals surface area contributed by atoms with Gasteiger partial charge in [-0.15, -0.1) is 0 Å². The van der Waals surface area contributed by atoms with Gasteiger partial charge in [0.15, 0.2) is 6.10 Å². The monoisotopic (exact) mass is 1410 g/mol. The molecule has 0 rings (SSSR count). The van der Waals surface area contributed by atoms with Gasteiger partial charge >= 0.3 is 17.9 Å². The number of carboxylic acid groups (broad SMARTS) is 1. The lowest BCUT2D eigenvalue weighted by atomic mass is 10.0. The molecular weight excluding hydrogens is 1230 g/mol. The average molecular weight is 1410 g/mol. The lowest BCUT2D eigenvalue weighted by Gasteiger charge is -2.25. The number of esters is 2. The number of likely N-dealkylation sites (N-methyl/N-ethyl adjacent to an activating group) is 1. The van der Waals surface area contributed by atoms with Crippen molar-refractivity contribution in [2.45, 2.75) is 495 Å². The van der Waals surface area contributed by atoms with Gasteiger partial charge in [0, 0.05) is 12.8 Å². The van der Waals surface area contributed by atoms with Crippen molar-refractivity contribution in [2.75, 3.05) is 47.5 Å². The summed E-state index contributed by atoms with van der Waals surface area (Å²) in [5, 5.41) is 9.79. The van der Waals surface area contributed by atoms with Crippen LogP contribution in [0.25, 0.3) is 0 Å². The minimum Gasteiger partial charge on any atom is -0.477 e. The summed E-state index contributed by atoms with van der Waals surface area (Å²) in [4.78, 5) is 37.8. The Balaban J connectivity index is 3.88. The summed E-state index contributed by atoms with van der Waals surface area (Å²) in [6.07, 6.45) is 104. The molecule has 0 aromatic carbocycles. The average Bonchev–Trinajstić information content (AvgIpc) is 1.14. The van der Waals surface area contributed by atoms with Crippen molar-refractivity contribution in [3.05, 3.63) is 24.3 Å². The Bertz CT molecular complexity index is 1690. The molecule has 0 aliphatic rings. The van der Waals surface area contributed by atoms with E-state index in [4.69, 9.17) is 18.9 Å². The van der Waals surface area contributed by atoms with Gasteiger partial charge in [-0.2, -0.15) is 0 Å². The topological polar surface area (TPSA) is 108 Å². The molecule has 100 heavy (non-hydrogen) atoms. The van der Waals surface area contributed by atoms with Crippen molar-refractivity contribution < 1.29 is 42.9 Å². The van der Waals surface area contributed by atoms with E-state index in [-0.39, 0.29) is 38.2 Å². The standard InChI is InChI=1S/C91H175NO8/c1-6-8-10-12-14-16-18-20-22-24-26-28-30-32-34-36-38-40-42-44-46-47-49-51-53-55-57-59-61-63-65-67-69-71-73-75-77-79-81-88(93)98-85-87(86-99-91(90(95)96)97-84-83-92(3,4)5)100-89(94)82-80-78-76-74-72-70-68-66-64-62-60-58-56-54-52-50-48-45-43-41-39-37-35-33-31-29-27-25-23-21-19-17-15-13-11-9-7-2/h19,21,25,27,87,91H,6-18,20,22-24,26,28-86H2,1-5H3/p+1/b21-19-,27-25-. The van der Waals surface area contributed by atoms with Crippen LogP contribution in [0.2, 0.25) is 0 Å². The van der Waals surface area contributed by atoms with Crippen LogP contribution in [-0.2, 0) is 33.3 Å². The van der Waals surface area contributed by atoms with Crippen molar-refractivity contribution in [3.63, 3.8) is 0 Å². The van der Waals surface area contributed by atoms with Gasteiger partial charge in [-0.05, 0) is 44.9 Å². The zero-order valence-corrected chi connectivity index (χ0v) is 68.2. The number of quaternary nitrogens is 1. The minimum atomic E-state index is -1.51. The number of nitrogens with zero attached hydrogens (tertiary/aromatic N) is 1. The molecule has 0 aromatic heterocycles. The number of hydrogen-bond donors (Lipinski definition) is 1. The van der Waals surface area contributed by atoms with Gasteiger partial charge in [0.05, 0.1) is 34.4 Å². The van der Waals surface area contributed by atoms with Gasteiger partial charge < -0.3 is 28.5 Å². The van der Waals surface area contributed by atoms with Crippen molar-refractivity contribution in [3.8, 4) is 0 Å². The maximum Gasteiger partial charge on any atom is 0.361 e. The van der Waals surface area contributed by atoms with Crippen molar-refractivity contribution in [1.29, 1.82) is 0 Å². The Morgan fingerprint density at radius 2 is 0.540 bits per heavy atom. The molecule has 0 aliphatic heterocycles. The number of hydrogen-bond acceptors (Lipinski definition) is 7. The number of rotatable bonds is 86. The smallest absolute Gasteiger partial charge is 0.361 e. The van der Waals surface area contributed by atoms with E-state index in [1.54, 1.807) is 0 Å². The fourth-order valence-electron chi connectivity index (χ4n) is 14.1. The SMILES string of the molecule is CCCCCCC/C=C\C/C=C\CCCCCCCCCCCCCCCCCCCCCCCCCCCC(=O)OC(COC(=O)CCCCCCCCCCCCCCCCCCCCCCCCCCCCCCCCCCCCCCCC)COC(OCC[N+](C)(C)C)C(=O)O. The summed E-state index contributed by atoms with van der Waals surface area (Å²) < 4.78 is 23.1. The van der Waals surface area contributed by atoms with Crippen LogP contribution in [0.5, 0.6) is 0 Å². The van der Waals surface area contributed by atoms with Gasteiger partial charge in [0.25, 0.3) is 6.29 Å². The largest absolute Gasteiger partial charge is 0.477 e. The zero-order chi connectivity index (χ0) is 72.5. The Kier molecular flexibility index (Phi) is 80.6. The van der Waals surface area contributed by atoms with Crippen LogP contribution in [0.1, 0.15) is 483 Å². The molecular formula is C91H176NO8+. The van der Waals surface area contributed by atoms with E-state index in [1.807, 2.05) is 21.1 Å². The third-order valence-corrected chi connectivity index (χ3v) is 21.0. The van der Waals surface area contributed by atoms with Crippen LogP contribution in [0.3, 0.4) is 0 Å². The Morgan fingerprint density at radius 3 is 0.790 bits per heavy atom. The summed E-state index contributed by atoms with van der Waals surface area (Å²) in [5.74, 6) is -1.96. The first-order chi connectivity index (χ1) is 49.1. The van der Waals surface area contributed by atoms with E-state index in [0.29, 0.717) is 17.4 Å². The molecule has 0 heterocycles. The van der Waals surface area contributed by atoms with Crippen molar-refractivity contribution >= 4 is 17.9 Å². The molecule has 0 bridgehead atoms. The molecule has 2 atom stereocenters. The molecule has 0 aliphatic carbocycles. The molecule has 0 aromatic rings. The van der Waals surface area contributed by atoms with Gasteiger partial charge in [-0.25, -0.2) is 4.79 Å². The van der Waals surface area contributed by atoms with Gasteiger partial charge in [0.1, 0.15) is 13.2 Å². The number of carboxylic acids is 1. The van der Waals surface area contributed by atoms with Gasteiger partial charge in [-0.1, -0.05) is 449 Å². The highest BCUT2D eigenvalue weighted by atomic mass is 16.7. The molecule has 0 saturated carbocycles. The van der Waals surface area contributed by atoms with Crippen LogP contribution in [-0.4, -0.2) is 87.4 Å². The molecule has 0 amide bonds. The summed E-state index contributed by atoms with van der Waals surface area (Å²) in [7, 11) is 6.01. The zero-order valence-electron chi connectivity index (χ0n) is 68.2. The van der Waals surface area contributed by atoms with E-state index in [0.717, 1.165) is 44.9 Å². The summed E-state index contributed by atoms with van der Waals surface area (Å²) in [5.41, 5.74) is 0. The van der Waals surface area contributed by atoms with Gasteiger partial charge in [0.2, 0.25) is 0 Å². The summed E-state index contributed by atoms with van der Waals surface area (Å²) >= 11 is 0. The predicted octanol–water partition coefficient (Wildman–Crippen LogP) is 29.2. The lowest BCUT2D eigenvalue weighted by molar-refractivity contribution is -0.870. The van der Waals surface area contributed by atoms with Crippen LogP contribution < -0.4 is 0 Å². The first-order valence-electron chi connectivity index (χ1n) is 45.0. The normalized spacial score (nSPS) is 12.6. The van der Waals surface area contributed by atoms with E-state index >= 15 is 0 Å². The molecule has 9 nitrogen and oxygen atoms in total. The first kappa shape index (κ1) is 97.8. The fourth-order valence-corrected chi connectivity index (χ4v) is 14.1. The van der Waals surface area contributed by atoms with Crippen molar-refractivity contribution in [2.24, 2.45) is 0 Å². The molecule has 1 N–H and O–H groups in total. The minimum absolute atomic E-state index is 0.173. The molecule has 9 heteroatoms. The third kappa shape index (κ3) is 83.0. The molecule has 0 saturated heterocycles. The Labute approximate surface area is 624 Å². The Morgan fingerprint density at radius 1 is 0.300 bits per heavy atom. The molecule has 592 valence electrons. The maximum atomic E-state index is 13.0. The second-order valence-electron chi connectivity index (χ2n) is 32.3. The molecule has 0 spiro atoms. The van der Waals surface area contributed by atoms with E-state index in [1.165, 1.54) is 411 Å². The second-order valence-corrected chi connectivity index (χ2v) is 32.3. The van der Waals surface area contributed by atoms with Crippen LogP contribution in [0, 0.1) is 0 Å². The van der Waals surface area contributed by atoms with Crippen LogP contribution in [0.4, 0.5) is 0 Å². The quantitative estimate of drug-likeness (QED) is 0.0211. The predicted molar refractivity (Wildman–Crippen MR) is 434 cm³/mol. The number of allylic oxidation sites excluding steroid dienone is 4. The maximum absolute atomic E-state index is 13.0. The molecule has 2 unspecified atom stereocenters. The highest BCUT2D eigenvalue weighted by molar-refractivity contribution is 5.71. The van der Waals surface area contributed by atoms with Gasteiger partial charge in [-0.3, -0.25) is 9.59 Å². The molecule has 0 fully saturated rings. The number of unbranched alkanes of at least 4 members (excludes halogenated alkanes) is 67. The van der Waals surface area contributed by atoms with Crippen molar-refractivity contribution in [1.82, 2.24) is 0 Å². The first-order valence-corrected chi connectivity index (χ1v) is 45.0. The summed E-state index contributed by atoms with van der Waals surface area (Å²) in [6, 6.07) is 0. The summed E-state index contributed by atoms with van der Waals surface area (Å²) in [6.45, 7) is 4.97. The van der Waals surface area contributed by atoms with E-state index in [2.05, 4.69) is 38.2 Å². The lowest BCUT2D eigenvalue weighted by Crippen LogP contribution is -2.40. The number of carbonyl (C=O) groups excluding carboxylic acids is 2. The Hall–Kier alpha value is -2.23. The van der Waals surface area contributed by atoms with Crippen LogP contribution in [0.15, 0.2) is 24.3 Å². The fraction of sp³-hybridized carbons (Fsp3) is 0.923. The number of ether oxygens (including phenoxy) is 4. The van der Waals surface area contributed by atoms with E-state index in [9.17, 15) is 19.5 Å². The van der Waals surface area contributed by atoms with Crippen LogP contribution >= 0.6 is 0 Å². The highest BCUT2D eigenvalue weighted by Gasteiger charge is 2.25. The highest BCUT2D eigenvalue weighted by Crippen LogP contribution is 2.21. The number of aliphatic carboxylic acids is 1. The third-order valence-electron chi connectivity index (χ3n) is 21.0.